The summed E-state index contributed by atoms with van der Waals surface area (Å²) < 4.78 is 1.62. The van der Waals surface area contributed by atoms with Crippen molar-refractivity contribution < 1.29 is 14.4 Å². The summed E-state index contributed by atoms with van der Waals surface area (Å²) in [5.74, 6) is -0.529. The predicted molar refractivity (Wildman–Crippen MR) is 102 cm³/mol. The quantitative estimate of drug-likeness (QED) is 0.766. The second-order valence-corrected chi connectivity index (χ2v) is 7.76. The van der Waals surface area contributed by atoms with Crippen molar-refractivity contribution in [2.24, 2.45) is 0 Å². The molecule has 3 amide bonds. The van der Waals surface area contributed by atoms with E-state index in [0.717, 1.165) is 32.9 Å². The first-order chi connectivity index (χ1) is 12.4. The van der Waals surface area contributed by atoms with Gasteiger partial charge in [0.15, 0.2) is 0 Å². The summed E-state index contributed by atoms with van der Waals surface area (Å²) in [6.45, 7) is 4.22. The van der Waals surface area contributed by atoms with Crippen LogP contribution in [0.3, 0.4) is 0 Å². The van der Waals surface area contributed by atoms with E-state index in [1.807, 2.05) is 37.4 Å². The largest absolute Gasteiger partial charge is 0.353 e. The Morgan fingerprint density at radius 1 is 1.35 bits per heavy atom. The number of rotatable bonds is 6. The minimum atomic E-state index is -0.318. The van der Waals surface area contributed by atoms with Crippen LogP contribution < -0.4 is 5.32 Å². The molecular weight excluding hydrogens is 372 g/mol. The zero-order valence-corrected chi connectivity index (χ0v) is 16.0. The maximum absolute atomic E-state index is 12.4. The van der Waals surface area contributed by atoms with Crippen LogP contribution in [0, 0.1) is 13.8 Å². The first-order valence-electron chi connectivity index (χ1n) is 8.00. The second-order valence-electron chi connectivity index (χ2n) is 5.78. The fourth-order valence-corrected chi connectivity index (χ4v) is 4.12. The molecule has 3 heterocycles. The second kappa shape index (κ2) is 7.88. The van der Waals surface area contributed by atoms with Gasteiger partial charge in [0, 0.05) is 23.7 Å². The van der Waals surface area contributed by atoms with Gasteiger partial charge in [-0.2, -0.15) is 5.10 Å². The molecular formula is C17H18N4O3S2. The van der Waals surface area contributed by atoms with Crippen molar-refractivity contribution >= 4 is 46.2 Å². The Morgan fingerprint density at radius 3 is 2.81 bits per heavy atom. The number of thiophene rings is 1. The van der Waals surface area contributed by atoms with Crippen molar-refractivity contribution in [3.05, 3.63) is 44.7 Å². The minimum absolute atomic E-state index is 0.111. The van der Waals surface area contributed by atoms with Gasteiger partial charge >= 0.3 is 0 Å². The highest BCUT2D eigenvalue weighted by atomic mass is 32.2. The van der Waals surface area contributed by atoms with Crippen LogP contribution in [0.2, 0.25) is 0 Å². The molecule has 7 nitrogen and oxygen atoms in total. The smallest absolute Gasteiger partial charge is 0.293 e. The Bertz CT molecular complexity index is 871. The first kappa shape index (κ1) is 18.4. The molecule has 9 heteroatoms. The SMILES string of the molecule is Cc1cc(C)n(CC(=O)NCCN2C(=O)S/C(=C/c3cccs3)C2=O)n1. The van der Waals surface area contributed by atoms with E-state index in [2.05, 4.69) is 10.4 Å². The monoisotopic (exact) mass is 390 g/mol. The summed E-state index contributed by atoms with van der Waals surface area (Å²) in [5, 5.41) is 8.55. The maximum atomic E-state index is 12.4. The number of nitrogens with zero attached hydrogens (tertiary/aromatic N) is 3. The van der Waals surface area contributed by atoms with Crippen molar-refractivity contribution in [1.29, 1.82) is 0 Å². The van der Waals surface area contributed by atoms with Crippen molar-refractivity contribution in [2.45, 2.75) is 20.4 Å². The molecule has 0 aliphatic carbocycles. The Hall–Kier alpha value is -2.39. The van der Waals surface area contributed by atoms with E-state index in [1.165, 1.54) is 11.3 Å². The molecule has 3 rings (SSSR count). The average molecular weight is 390 g/mol. The van der Waals surface area contributed by atoms with Crippen molar-refractivity contribution in [3.63, 3.8) is 0 Å². The average Bonchev–Trinajstić information content (AvgIpc) is 3.25. The Balaban J connectivity index is 1.51. The van der Waals surface area contributed by atoms with Crippen LogP contribution in [0.15, 0.2) is 28.5 Å². The fraction of sp³-hybridized carbons (Fsp3) is 0.294. The molecule has 0 atom stereocenters. The molecule has 26 heavy (non-hydrogen) atoms. The van der Waals surface area contributed by atoms with Gasteiger partial charge in [-0.25, -0.2) is 0 Å². The van der Waals surface area contributed by atoms with Gasteiger partial charge in [-0.1, -0.05) is 6.07 Å². The van der Waals surface area contributed by atoms with E-state index in [4.69, 9.17) is 0 Å². The topological polar surface area (TPSA) is 84.3 Å². The summed E-state index contributed by atoms with van der Waals surface area (Å²) in [6, 6.07) is 5.67. The third-order valence-electron chi connectivity index (χ3n) is 3.74. The zero-order chi connectivity index (χ0) is 18.7. The van der Waals surface area contributed by atoms with E-state index in [9.17, 15) is 14.4 Å². The molecule has 1 N–H and O–H groups in total. The van der Waals surface area contributed by atoms with Gasteiger partial charge in [-0.05, 0) is 49.2 Å². The van der Waals surface area contributed by atoms with Gasteiger partial charge in [0.25, 0.3) is 11.1 Å². The standard InChI is InChI=1S/C17H18N4O3S2/c1-11-8-12(2)21(19-11)10-15(22)18-5-6-20-16(23)14(26-17(20)24)9-13-4-3-7-25-13/h3-4,7-9H,5-6,10H2,1-2H3,(H,18,22)/b14-9+. The number of imide groups is 1. The van der Waals surface area contributed by atoms with E-state index < -0.39 is 0 Å². The van der Waals surface area contributed by atoms with Crippen molar-refractivity contribution in [1.82, 2.24) is 20.0 Å². The van der Waals surface area contributed by atoms with Crippen LogP contribution in [0.5, 0.6) is 0 Å². The predicted octanol–water partition coefficient (Wildman–Crippen LogP) is 2.41. The molecule has 0 radical (unpaired) electrons. The number of carbonyl (C=O) groups excluding carboxylic acids is 3. The van der Waals surface area contributed by atoms with Gasteiger partial charge < -0.3 is 5.32 Å². The van der Waals surface area contributed by atoms with E-state index in [0.29, 0.717) is 4.91 Å². The highest BCUT2D eigenvalue weighted by Crippen LogP contribution is 2.32. The van der Waals surface area contributed by atoms with Crippen LogP contribution in [-0.4, -0.2) is 44.8 Å². The number of amides is 3. The van der Waals surface area contributed by atoms with Gasteiger partial charge in [0.05, 0.1) is 10.6 Å². The molecule has 1 aliphatic rings. The van der Waals surface area contributed by atoms with E-state index in [1.54, 1.807) is 10.8 Å². The number of thioether (sulfide) groups is 1. The lowest BCUT2D eigenvalue weighted by Gasteiger charge is -2.13. The van der Waals surface area contributed by atoms with Crippen LogP contribution in [-0.2, 0) is 16.1 Å². The first-order valence-corrected chi connectivity index (χ1v) is 9.70. The molecule has 136 valence electrons. The maximum Gasteiger partial charge on any atom is 0.293 e. The Kier molecular flexibility index (Phi) is 5.58. The Labute approximate surface area is 159 Å². The molecule has 0 unspecified atom stereocenters. The molecule has 0 saturated carbocycles. The van der Waals surface area contributed by atoms with Gasteiger partial charge in [0.1, 0.15) is 6.54 Å². The van der Waals surface area contributed by atoms with E-state index in [-0.39, 0.29) is 36.7 Å². The summed E-state index contributed by atoms with van der Waals surface area (Å²) >= 11 is 2.43. The molecule has 1 saturated heterocycles. The molecule has 2 aromatic heterocycles. The minimum Gasteiger partial charge on any atom is -0.353 e. The number of hydrogen-bond acceptors (Lipinski definition) is 6. The fourth-order valence-electron chi connectivity index (χ4n) is 2.53. The van der Waals surface area contributed by atoms with Gasteiger partial charge in [-0.15, -0.1) is 11.3 Å². The molecule has 0 bridgehead atoms. The normalized spacial score (nSPS) is 15.9. The molecule has 0 aromatic carbocycles. The summed E-state index contributed by atoms with van der Waals surface area (Å²) in [4.78, 5) is 38.9. The lowest BCUT2D eigenvalue weighted by molar-refractivity contribution is -0.124. The lowest BCUT2D eigenvalue weighted by atomic mass is 10.3. The molecule has 1 fully saturated rings. The summed E-state index contributed by atoms with van der Waals surface area (Å²) in [7, 11) is 0. The highest BCUT2D eigenvalue weighted by molar-refractivity contribution is 8.18. The third-order valence-corrected chi connectivity index (χ3v) is 5.47. The number of aromatic nitrogens is 2. The van der Waals surface area contributed by atoms with Crippen molar-refractivity contribution in [2.75, 3.05) is 13.1 Å². The van der Waals surface area contributed by atoms with Crippen molar-refractivity contribution in [3.8, 4) is 0 Å². The lowest BCUT2D eigenvalue weighted by Crippen LogP contribution is -2.38. The highest BCUT2D eigenvalue weighted by Gasteiger charge is 2.34. The summed E-state index contributed by atoms with van der Waals surface area (Å²) in [6.07, 6.45) is 1.72. The Morgan fingerprint density at radius 2 is 2.15 bits per heavy atom. The van der Waals surface area contributed by atoms with Crippen LogP contribution in [0.25, 0.3) is 6.08 Å². The van der Waals surface area contributed by atoms with Crippen LogP contribution in [0.4, 0.5) is 4.79 Å². The molecule has 1 aliphatic heterocycles. The van der Waals surface area contributed by atoms with Gasteiger partial charge in [0.2, 0.25) is 5.91 Å². The van der Waals surface area contributed by atoms with Crippen LogP contribution >= 0.6 is 23.1 Å². The number of nitrogens with one attached hydrogen (secondary N) is 1. The summed E-state index contributed by atoms with van der Waals surface area (Å²) in [5.41, 5.74) is 1.76. The zero-order valence-electron chi connectivity index (χ0n) is 14.4. The van der Waals surface area contributed by atoms with E-state index >= 15 is 0 Å². The van der Waals surface area contributed by atoms with Gasteiger partial charge in [-0.3, -0.25) is 24.0 Å². The number of carbonyl (C=O) groups is 3. The van der Waals surface area contributed by atoms with Crippen LogP contribution in [0.1, 0.15) is 16.3 Å². The number of aryl methyl sites for hydroxylation is 2. The molecule has 2 aromatic rings. The number of hydrogen-bond donors (Lipinski definition) is 1. The molecule has 0 spiro atoms. The third kappa shape index (κ3) is 4.23.